The van der Waals surface area contributed by atoms with E-state index in [0.717, 1.165) is 4.57 Å². The van der Waals surface area contributed by atoms with Gasteiger partial charge in [-0.05, 0) is 96.4 Å². The molecule has 5 heterocycles. The van der Waals surface area contributed by atoms with Gasteiger partial charge in [0.25, 0.3) is 11.1 Å². The minimum atomic E-state index is -5.07. The SMILES string of the molecule is COc1ccc(C(OC[C@H]2O[C@@H](n3cnc4c(=O)[nH]c(NC(=O)C(C)C)nc43)C[C@@H]2OP(=O)(OC[C@H]2O[C@@H](n3cc(C)c(=O)[nH]c3=O)C[C@@H]2OP(=O)(O)Oc2ccc(Cl)cc2)Oc2ccc(Cl)cc2)(c2ccccc2)c2ccc(OC)cc2)cc1. The van der Waals surface area contributed by atoms with E-state index in [1.54, 1.807) is 52.3 Å². The van der Waals surface area contributed by atoms with Gasteiger partial charge in [-0.1, -0.05) is 91.6 Å². The minimum absolute atomic E-state index is 0.0112. The molecule has 2 fully saturated rings. The highest BCUT2D eigenvalue weighted by molar-refractivity contribution is 7.49. The Bertz CT molecular complexity index is 3900. The Kier molecular flexibility index (Phi) is 18.3. The summed E-state index contributed by atoms with van der Waals surface area (Å²) >= 11 is 12.3. The number of methoxy groups -OCH3 is 2. The van der Waals surface area contributed by atoms with Crippen molar-refractivity contribution in [1.82, 2.24) is 29.1 Å². The van der Waals surface area contributed by atoms with E-state index in [2.05, 4.69) is 25.3 Å². The molecule has 0 aliphatic carbocycles. The number of fused-ring (bicyclic) bond motifs is 1. The number of anilines is 1. The number of ether oxygens (including phenoxy) is 5. The average Bonchev–Trinajstić information content (AvgIpc) is 2.67. The van der Waals surface area contributed by atoms with Crippen LogP contribution in [0.4, 0.5) is 5.95 Å². The van der Waals surface area contributed by atoms with Gasteiger partial charge in [0, 0.05) is 40.6 Å². The number of hydrogen-bond acceptors (Lipinski definition) is 18. The second-order valence-corrected chi connectivity index (χ2v) is 23.7. The monoisotopic (exact) mass is 1240 g/mol. The number of aromatic amines is 2. The molecule has 28 heteroatoms. The molecule has 2 aliphatic rings. The zero-order valence-corrected chi connectivity index (χ0v) is 49.4. The van der Waals surface area contributed by atoms with E-state index in [-0.39, 0.29) is 53.6 Å². The maximum atomic E-state index is 15.8. The smallest absolute Gasteiger partial charge is 0.497 e. The molecule has 0 spiro atoms. The van der Waals surface area contributed by atoms with Gasteiger partial charge >= 0.3 is 21.3 Å². The van der Waals surface area contributed by atoms with Gasteiger partial charge in [-0.3, -0.25) is 57.3 Å². The zero-order valence-electron chi connectivity index (χ0n) is 46.1. The summed E-state index contributed by atoms with van der Waals surface area (Å²) in [5, 5.41) is 3.26. The van der Waals surface area contributed by atoms with Crippen molar-refractivity contribution in [3.63, 3.8) is 0 Å². The van der Waals surface area contributed by atoms with E-state index >= 15 is 4.57 Å². The highest BCUT2D eigenvalue weighted by atomic mass is 35.5. The highest BCUT2D eigenvalue weighted by Gasteiger charge is 2.49. The molecule has 0 saturated carbocycles. The van der Waals surface area contributed by atoms with E-state index in [4.69, 9.17) is 69.5 Å². The summed E-state index contributed by atoms with van der Waals surface area (Å²) in [4.78, 5) is 76.9. The number of phosphoric ester groups is 2. The van der Waals surface area contributed by atoms with E-state index in [1.165, 1.54) is 72.5 Å². The number of nitrogens with zero attached hydrogens (tertiary/aromatic N) is 4. The number of imidazole rings is 1. The molecule has 4 N–H and O–H groups in total. The predicted molar refractivity (Wildman–Crippen MR) is 310 cm³/mol. The fourth-order valence-corrected chi connectivity index (χ4v) is 12.3. The molecule has 24 nitrogen and oxygen atoms in total. The lowest BCUT2D eigenvalue weighted by Crippen LogP contribution is -2.38. The Morgan fingerprint density at radius 3 is 1.82 bits per heavy atom. The topological polar surface area (TPSA) is 294 Å². The van der Waals surface area contributed by atoms with Crippen LogP contribution in [-0.2, 0) is 47.3 Å². The van der Waals surface area contributed by atoms with Gasteiger partial charge in [-0.15, -0.1) is 0 Å². The third-order valence-electron chi connectivity index (χ3n) is 14.0. The van der Waals surface area contributed by atoms with Crippen molar-refractivity contribution < 1.29 is 65.1 Å². The van der Waals surface area contributed by atoms with Crippen molar-refractivity contribution in [3.05, 3.63) is 203 Å². The predicted octanol–water partition coefficient (Wildman–Crippen LogP) is 9.63. The zero-order chi connectivity index (χ0) is 60.2. The average molecular weight is 1240 g/mol. The molecular weight excluding hydrogens is 1190 g/mol. The van der Waals surface area contributed by atoms with Crippen molar-refractivity contribution in [2.45, 2.75) is 76.1 Å². The van der Waals surface area contributed by atoms with Crippen LogP contribution in [0, 0.1) is 12.8 Å². The van der Waals surface area contributed by atoms with E-state index < -0.39 is 93.4 Å². The van der Waals surface area contributed by atoms with Crippen LogP contribution < -0.4 is 40.6 Å². The van der Waals surface area contributed by atoms with Crippen molar-refractivity contribution >= 4 is 61.9 Å². The number of phosphoric acid groups is 2. The summed E-state index contributed by atoms with van der Waals surface area (Å²) in [7, 11) is -7.01. The van der Waals surface area contributed by atoms with Crippen molar-refractivity contribution in [2.24, 2.45) is 5.92 Å². The highest BCUT2D eigenvalue weighted by Crippen LogP contribution is 2.55. The van der Waals surface area contributed by atoms with Crippen LogP contribution in [0.15, 0.2) is 154 Å². The van der Waals surface area contributed by atoms with Crippen LogP contribution in [0.2, 0.25) is 10.0 Å². The number of aromatic nitrogens is 6. The molecule has 8 aromatic rings. The quantitative estimate of drug-likeness (QED) is 0.0342. The summed E-state index contributed by atoms with van der Waals surface area (Å²) in [6.07, 6.45) is -5.70. The largest absolute Gasteiger partial charge is 0.530 e. The van der Waals surface area contributed by atoms with Gasteiger partial charge in [0.1, 0.15) is 65.5 Å². The van der Waals surface area contributed by atoms with Gasteiger partial charge in [-0.25, -0.2) is 18.9 Å². The van der Waals surface area contributed by atoms with Crippen molar-refractivity contribution in [3.8, 4) is 23.0 Å². The van der Waals surface area contributed by atoms with Gasteiger partial charge in [0.05, 0.1) is 33.8 Å². The normalized spacial score (nSPS) is 20.2. The van der Waals surface area contributed by atoms with Gasteiger partial charge in [0.2, 0.25) is 11.9 Å². The summed E-state index contributed by atoms with van der Waals surface area (Å²) in [6.45, 7) is 3.72. The minimum Gasteiger partial charge on any atom is -0.497 e. The molecule has 0 bridgehead atoms. The van der Waals surface area contributed by atoms with Crippen LogP contribution in [0.1, 0.15) is 61.4 Å². The number of carbonyl (C=O) groups excluding carboxylic acids is 1. The number of halogens is 2. The fraction of sp³-hybridized carbons (Fsp3) is 0.298. The molecule has 1 amide bonds. The molecule has 85 heavy (non-hydrogen) atoms. The van der Waals surface area contributed by atoms with Crippen molar-refractivity contribution in [1.29, 1.82) is 0 Å². The summed E-state index contributed by atoms with van der Waals surface area (Å²) in [5.41, 5.74) is -1.54. The van der Waals surface area contributed by atoms with Crippen LogP contribution in [0.25, 0.3) is 11.2 Å². The number of amides is 1. The number of H-pyrrole nitrogens is 2. The fourth-order valence-electron chi connectivity index (χ4n) is 9.66. The molecule has 2 aliphatic heterocycles. The molecule has 5 aromatic carbocycles. The lowest BCUT2D eigenvalue weighted by atomic mass is 9.80. The molecule has 10 rings (SSSR count). The molecule has 3 aromatic heterocycles. The summed E-state index contributed by atoms with van der Waals surface area (Å²) in [5.74, 6) is -0.00281. The standard InChI is InChI=1S/C57H57Cl2N7O17P2/c1-33(2)52(67)62-55-61-51-50(54(69)63-55)60-32-66(51)49-28-45(46(78-49)30-76-57(35-9-7-6-8-10-35,36-11-19-40(74-4)20-12-36)37-13-21-41(75-5)22-14-37)83-85(73,81-43-25-17-39(59)18-26-43)77-31-47-44(82-84(71,72)80-42-23-15-38(58)16-24-42)27-48(79-47)65-29-34(3)53(68)64-56(65)70/h6-26,29,32-33,44-49H,27-28,30-31H2,1-5H3,(H,71,72)(H,64,68,70)(H2,61,62,63,67,69)/t44-,45-,46+,47+,48+,49+,85?/m0/s1. The number of benzene rings is 5. The molecule has 8 atom stereocenters. The number of hydrogen-bond donors (Lipinski definition) is 4. The molecule has 2 unspecified atom stereocenters. The first-order valence-electron chi connectivity index (χ1n) is 26.5. The number of nitrogens with one attached hydrogen (secondary N) is 3. The first-order chi connectivity index (χ1) is 40.7. The second-order valence-electron chi connectivity index (χ2n) is 20.0. The Balaban J connectivity index is 1.04. The lowest BCUT2D eigenvalue weighted by molar-refractivity contribution is -0.118. The van der Waals surface area contributed by atoms with Crippen LogP contribution in [-0.4, -0.2) is 91.7 Å². The van der Waals surface area contributed by atoms with Crippen LogP contribution in [0.5, 0.6) is 23.0 Å². The maximum Gasteiger partial charge on any atom is 0.530 e. The van der Waals surface area contributed by atoms with E-state index in [0.29, 0.717) is 38.2 Å². The summed E-state index contributed by atoms with van der Waals surface area (Å²) in [6, 6.07) is 35.4. The Hall–Kier alpha value is -7.44. The van der Waals surface area contributed by atoms with E-state index in [9.17, 15) is 28.6 Å². The first kappa shape index (κ1) is 60.7. The number of aryl methyl sites for hydroxylation is 1. The third-order valence-corrected chi connectivity index (χ3v) is 16.9. The van der Waals surface area contributed by atoms with Crippen LogP contribution in [0.3, 0.4) is 0 Å². The lowest BCUT2D eigenvalue weighted by Gasteiger charge is -2.37. The van der Waals surface area contributed by atoms with Gasteiger partial charge < -0.3 is 32.7 Å². The van der Waals surface area contributed by atoms with Crippen molar-refractivity contribution in [2.75, 3.05) is 32.8 Å². The van der Waals surface area contributed by atoms with Gasteiger partial charge in [0.15, 0.2) is 11.2 Å². The second kappa shape index (κ2) is 25.6. The third kappa shape index (κ3) is 13.8. The van der Waals surface area contributed by atoms with Crippen LogP contribution >= 0.6 is 38.8 Å². The summed E-state index contributed by atoms with van der Waals surface area (Å²) < 4.78 is 93.9. The van der Waals surface area contributed by atoms with Gasteiger partial charge in [-0.2, -0.15) is 4.98 Å². The molecule has 446 valence electrons. The molecule has 2 saturated heterocycles. The Morgan fingerprint density at radius 1 is 0.718 bits per heavy atom. The molecule has 0 radical (unpaired) electrons. The first-order valence-corrected chi connectivity index (χ1v) is 30.2. The Morgan fingerprint density at radius 2 is 1.25 bits per heavy atom. The maximum absolute atomic E-state index is 15.8. The Labute approximate surface area is 495 Å². The van der Waals surface area contributed by atoms with E-state index in [1.807, 2.05) is 54.6 Å². The molecular formula is C57H57Cl2N7O17P2. The number of rotatable bonds is 23. The number of carbonyl (C=O) groups is 1.